The molecule has 0 aliphatic carbocycles. The SMILES string of the molecule is Fc1cc(F)c(F)c(CCNC(=S)Nc2nnccc2Cl)c1F. The lowest BCUT2D eigenvalue weighted by molar-refractivity contribution is 0.438. The van der Waals surface area contributed by atoms with E-state index in [1.807, 2.05) is 0 Å². The van der Waals surface area contributed by atoms with Crippen molar-refractivity contribution < 1.29 is 17.6 Å². The smallest absolute Gasteiger partial charge is 0.173 e. The molecule has 2 N–H and O–H groups in total. The van der Waals surface area contributed by atoms with E-state index in [9.17, 15) is 17.6 Å². The van der Waals surface area contributed by atoms with Crippen LogP contribution in [0.2, 0.25) is 5.02 Å². The van der Waals surface area contributed by atoms with E-state index in [1.54, 1.807) is 0 Å². The molecule has 0 aliphatic rings. The van der Waals surface area contributed by atoms with Crippen LogP contribution in [0.15, 0.2) is 18.3 Å². The van der Waals surface area contributed by atoms with Crippen molar-refractivity contribution in [3.8, 4) is 0 Å². The third-order valence-electron chi connectivity index (χ3n) is 2.77. The molecule has 0 amide bonds. The van der Waals surface area contributed by atoms with Gasteiger partial charge in [-0.15, -0.1) is 5.10 Å². The zero-order valence-corrected chi connectivity index (χ0v) is 12.9. The van der Waals surface area contributed by atoms with Crippen LogP contribution in [-0.4, -0.2) is 21.9 Å². The normalized spacial score (nSPS) is 10.5. The summed E-state index contributed by atoms with van der Waals surface area (Å²) >= 11 is 10.8. The molecule has 0 aliphatic heterocycles. The minimum atomic E-state index is -1.45. The number of thiocarbonyl (C=S) groups is 1. The van der Waals surface area contributed by atoms with E-state index in [0.29, 0.717) is 0 Å². The largest absolute Gasteiger partial charge is 0.362 e. The second kappa shape index (κ2) is 7.51. The van der Waals surface area contributed by atoms with E-state index >= 15 is 0 Å². The van der Waals surface area contributed by atoms with Crippen molar-refractivity contribution >= 4 is 34.7 Å². The van der Waals surface area contributed by atoms with Gasteiger partial charge in [-0.1, -0.05) is 11.6 Å². The number of anilines is 1. The highest BCUT2D eigenvalue weighted by atomic mass is 35.5. The summed E-state index contributed by atoms with van der Waals surface area (Å²) in [6, 6.07) is 1.64. The highest BCUT2D eigenvalue weighted by Gasteiger charge is 2.18. The summed E-state index contributed by atoms with van der Waals surface area (Å²) in [5.41, 5.74) is -0.699. The molecule has 0 saturated carbocycles. The summed E-state index contributed by atoms with van der Waals surface area (Å²) in [7, 11) is 0. The average molecular weight is 365 g/mol. The summed E-state index contributed by atoms with van der Waals surface area (Å²) in [5, 5.41) is 12.9. The molecule has 0 unspecified atom stereocenters. The van der Waals surface area contributed by atoms with Gasteiger partial charge >= 0.3 is 0 Å². The van der Waals surface area contributed by atoms with Gasteiger partial charge in [0, 0.05) is 18.2 Å². The molecule has 1 aromatic carbocycles. The van der Waals surface area contributed by atoms with Crippen LogP contribution < -0.4 is 10.6 Å². The number of nitrogens with one attached hydrogen (secondary N) is 2. The summed E-state index contributed by atoms with van der Waals surface area (Å²) in [4.78, 5) is 0. The Morgan fingerprint density at radius 1 is 1.17 bits per heavy atom. The van der Waals surface area contributed by atoms with Crippen molar-refractivity contribution in [3.63, 3.8) is 0 Å². The van der Waals surface area contributed by atoms with Crippen LogP contribution in [0.1, 0.15) is 5.56 Å². The third kappa shape index (κ3) is 4.26. The Morgan fingerprint density at radius 2 is 1.83 bits per heavy atom. The van der Waals surface area contributed by atoms with E-state index in [2.05, 4.69) is 20.8 Å². The quantitative estimate of drug-likeness (QED) is 0.495. The van der Waals surface area contributed by atoms with Gasteiger partial charge in [0.2, 0.25) is 0 Å². The van der Waals surface area contributed by atoms with Crippen molar-refractivity contribution in [1.82, 2.24) is 15.5 Å². The molecule has 0 saturated heterocycles. The highest BCUT2D eigenvalue weighted by molar-refractivity contribution is 7.80. The Morgan fingerprint density at radius 3 is 2.43 bits per heavy atom. The van der Waals surface area contributed by atoms with E-state index in [1.165, 1.54) is 12.3 Å². The van der Waals surface area contributed by atoms with Gasteiger partial charge in [0.05, 0.1) is 11.2 Å². The van der Waals surface area contributed by atoms with Crippen molar-refractivity contribution in [2.75, 3.05) is 11.9 Å². The van der Waals surface area contributed by atoms with Gasteiger partial charge in [0.15, 0.2) is 34.2 Å². The fourth-order valence-corrected chi connectivity index (χ4v) is 2.04. The molecule has 2 aromatic rings. The van der Waals surface area contributed by atoms with E-state index in [0.717, 1.165) is 0 Å². The number of benzene rings is 1. The lowest BCUT2D eigenvalue weighted by Crippen LogP contribution is -2.31. The van der Waals surface area contributed by atoms with Crippen LogP contribution in [-0.2, 0) is 6.42 Å². The van der Waals surface area contributed by atoms with Crippen LogP contribution >= 0.6 is 23.8 Å². The molecule has 0 fully saturated rings. The van der Waals surface area contributed by atoms with Crippen LogP contribution in [0.5, 0.6) is 0 Å². The molecule has 23 heavy (non-hydrogen) atoms. The van der Waals surface area contributed by atoms with Crippen LogP contribution in [0.3, 0.4) is 0 Å². The van der Waals surface area contributed by atoms with Gasteiger partial charge < -0.3 is 10.6 Å². The zero-order chi connectivity index (χ0) is 17.0. The summed E-state index contributed by atoms with van der Waals surface area (Å²) in [6.07, 6.45) is 1.07. The highest BCUT2D eigenvalue weighted by Crippen LogP contribution is 2.19. The zero-order valence-electron chi connectivity index (χ0n) is 11.3. The fraction of sp³-hybridized carbons (Fsp3) is 0.154. The van der Waals surface area contributed by atoms with Gasteiger partial charge in [-0.3, -0.25) is 0 Å². The monoisotopic (exact) mass is 364 g/mol. The number of halogens is 5. The van der Waals surface area contributed by atoms with Gasteiger partial charge in [-0.25, -0.2) is 17.6 Å². The van der Waals surface area contributed by atoms with Crippen LogP contribution in [0.4, 0.5) is 23.4 Å². The van der Waals surface area contributed by atoms with E-state index < -0.39 is 28.8 Å². The minimum Gasteiger partial charge on any atom is -0.362 e. The van der Waals surface area contributed by atoms with Gasteiger partial charge in [-0.05, 0) is 24.7 Å². The molecular weight excluding hydrogens is 356 g/mol. The van der Waals surface area contributed by atoms with Crippen LogP contribution in [0.25, 0.3) is 0 Å². The number of rotatable bonds is 4. The molecular formula is C13H9ClF4N4S. The topological polar surface area (TPSA) is 49.8 Å². The molecule has 1 heterocycles. The standard InChI is InChI=1S/C13H9ClF4N4S/c14-7-2-4-20-22-12(7)21-13(23)19-3-1-6-10(17)8(15)5-9(16)11(6)18/h2,4-5H,1,3H2,(H2,19,21,22,23). The molecule has 0 radical (unpaired) electrons. The number of aromatic nitrogens is 2. The van der Waals surface area contributed by atoms with E-state index in [-0.39, 0.29) is 35.0 Å². The average Bonchev–Trinajstić information content (AvgIpc) is 2.51. The maximum atomic E-state index is 13.5. The third-order valence-corrected chi connectivity index (χ3v) is 3.32. The first-order valence-corrected chi connectivity index (χ1v) is 7.02. The van der Waals surface area contributed by atoms with Crippen molar-refractivity contribution in [1.29, 1.82) is 0 Å². The molecule has 0 bridgehead atoms. The second-order valence-electron chi connectivity index (χ2n) is 4.31. The maximum absolute atomic E-state index is 13.5. The fourth-order valence-electron chi connectivity index (χ4n) is 1.70. The first kappa shape index (κ1) is 17.4. The first-order valence-electron chi connectivity index (χ1n) is 6.24. The summed E-state index contributed by atoms with van der Waals surface area (Å²) in [6.45, 7) is -0.0690. The predicted octanol–water partition coefficient (Wildman–Crippen LogP) is 3.22. The van der Waals surface area contributed by atoms with Gasteiger partial charge in [0.25, 0.3) is 0 Å². The molecule has 10 heteroatoms. The van der Waals surface area contributed by atoms with Crippen molar-refractivity contribution in [3.05, 3.63) is 52.2 Å². The van der Waals surface area contributed by atoms with E-state index in [4.69, 9.17) is 23.8 Å². The molecule has 4 nitrogen and oxygen atoms in total. The molecule has 0 atom stereocenters. The van der Waals surface area contributed by atoms with Gasteiger partial charge in [-0.2, -0.15) is 5.10 Å². The van der Waals surface area contributed by atoms with Crippen molar-refractivity contribution in [2.45, 2.75) is 6.42 Å². The second-order valence-corrected chi connectivity index (χ2v) is 5.12. The molecule has 1 aromatic heterocycles. The lowest BCUT2D eigenvalue weighted by atomic mass is 10.1. The van der Waals surface area contributed by atoms with Gasteiger partial charge in [0.1, 0.15) is 0 Å². The molecule has 2 rings (SSSR count). The summed E-state index contributed by atoms with van der Waals surface area (Å²) < 4.78 is 53.1. The Balaban J connectivity index is 1.95. The number of hydrogen-bond donors (Lipinski definition) is 2. The van der Waals surface area contributed by atoms with Crippen LogP contribution in [0, 0.1) is 23.3 Å². The maximum Gasteiger partial charge on any atom is 0.173 e. The summed E-state index contributed by atoms with van der Waals surface area (Å²) in [5.74, 6) is -5.57. The first-order chi connectivity index (χ1) is 10.9. The minimum absolute atomic E-state index is 0.0603. The Kier molecular flexibility index (Phi) is 5.67. The number of nitrogens with zero attached hydrogens (tertiary/aromatic N) is 2. The predicted molar refractivity (Wildman–Crippen MR) is 81.2 cm³/mol. The molecule has 122 valence electrons. The Labute approximate surface area is 138 Å². The number of hydrogen-bond acceptors (Lipinski definition) is 3. The lowest BCUT2D eigenvalue weighted by Gasteiger charge is -2.11. The van der Waals surface area contributed by atoms with Crippen molar-refractivity contribution in [2.24, 2.45) is 0 Å². The Hall–Kier alpha value is -2.00. The Bertz CT molecular complexity index is 718. The molecule has 0 spiro atoms.